The smallest absolute Gasteiger partial charge is 0.319 e. The number of ether oxygens (including phenoxy) is 1. The van der Waals surface area contributed by atoms with Gasteiger partial charge in [0.2, 0.25) is 0 Å². The van der Waals surface area contributed by atoms with Gasteiger partial charge in [0.25, 0.3) is 5.56 Å². The van der Waals surface area contributed by atoms with Crippen LogP contribution in [0.4, 0.5) is 0 Å². The van der Waals surface area contributed by atoms with Crippen LogP contribution in [0.15, 0.2) is 39.1 Å². The van der Waals surface area contributed by atoms with Gasteiger partial charge >= 0.3 is 5.97 Å². The molecule has 1 aromatic heterocycles. The molecular weight excluding hydrogens is 380 g/mol. The molecule has 0 aliphatic carbocycles. The van der Waals surface area contributed by atoms with Gasteiger partial charge in [-0.05, 0) is 30.7 Å². The maximum Gasteiger partial charge on any atom is 0.319 e. The van der Waals surface area contributed by atoms with Crippen molar-refractivity contribution in [1.29, 1.82) is 0 Å². The molecule has 0 radical (unpaired) electrons. The summed E-state index contributed by atoms with van der Waals surface area (Å²) in [5, 5.41) is 0.684. The summed E-state index contributed by atoms with van der Waals surface area (Å²) in [4.78, 5) is 30.4. The normalized spacial score (nSPS) is 14.2. The van der Waals surface area contributed by atoms with Crippen LogP contribution in [-0.4, -0.2) is 33.6 Å². The number of fused-ring (bicyclic) bond motifs is 1. The number of rotatable bonds is 5. The van der Waals surface area contributed by atoms with Crippen LogP contribution in [0.25, 0.3) is 5.69 Å². The predicted molar refractivity (Wildman–Crippen MR) is 101 cm³/mol. The number of carbonyl (C=O) groups excluding carboxylic acids is 1. The monoisotopic (exact) mass is 396 g/mol. The number of nitrogens with zero attached hydrogens (tertiary/aromatic N) is 2. The molecule has 1 aliphatic heterocycles. The highest BCUT2D eigenvalue weighted by Crippen LogP contribution is 2.32. The molecule has 2 heterocycles. The van der Waals surface area contributed by atoms with E-state index >= 15 is 0 Å². The van der Waals surface area contributed by atoms with Crippen molar-refractivity contribution in [1.82, 2.24) is 9.55 Å². The lowest BCUT2D eigenvalue weighted by molar-refractivity contribution is -0.140. The molecule has 2 aromatic rings. The van der Waals surface area contributed by atoms with E-state index in [1.807, 2.05) is 6.92 Å². The number of methoxy groups -OCH3 is 1. The maximum absolute atomic E-state index is 13.0. The molecule has 132 valence electrons. The number of halogens is 1. The van der Waals surface area contributed by atoms with Crippen LogP contribution in [0, 0.1) is 0 Å². The minimum Gasteiger partial charge on any atom is -0.468 e. The molecule has 0 saturated heterocycles. The third-order valence-corrected chi connectivity index (χ3v) is 6.49. The Labute approximate surface area is 159 Å². The lowest BCUT2D eigenvalue weighted by Gasteiger charge is -2.17. The van der Waals surface area contributed by atoms with Crippen LogP contribution in [-0.2, 0) is 16.0 Å². The van der Waals surface area contributed by atoms with E-state index < -0.39 is 5.25 Å². The summed E-state index contributed by atoms with van der Waals surface area (Å²) in [5.74, 6) is 0.528. The Balaban J connectivity index is 2.13. The molecule has 1 atom stereocenters. The molecule has 0 unspecified atom stereocenters. The van der Waals surface area contributed by atoms with Crippen molar-refractivity contribution in [3.8, 4) is 5.69 Å². The molecule has 0 amide bonds. The van der Waals surface area contributed by atoms with Crippen molar-refractivity contribution in [2.45, 2.75) is 35.1 Å². The van der Waals surface area contributed by atoms with Crippen molar-refractivity contribution in [2.24, 2.45) is 0 Å². The molecule has 1 aliphatic rings. The Morgan fingerprint density at radius 1 is 1.44 bits per heavy atom. The van der Waals surface area contributed by atoms with Gasteiger partial charge in [-0.2, -0.15) is 0 Å². The Hall–Kier alpha value is -1.44. The van der Waals surface area contributed by atoms with E-state index in [9.17, 15) is 9.59 Å². The largest absolute Gasteiger partial charge is 0.468 e. The zero-order valence-corrected chi connectivity index (χ0v) is 16.2. The van der Waals surface area contributed by atoms with Gasteiger partial charge in [0.1, 0.15) is 5.25 Å². The number of hydrogen-bond acceptors (Lipinski definition) is 6. The topological polar surface area (TPSA) is 61.2 Å². The van der Waals surface area contributed by atoms with Gasteiger partial charge in [-0.25, -0.2) is 4.98 Å². The van der Waals surface area contributed by atoms with Gasteiger partial charge < -0.3 is 4.74 Å². The minimum absolute atomic E-state index is 0.1000. The molecule has 5 nitrogen and oxygen atoms in total. The molecule has 0 saturated carbocycles. The van der Waals surface area contributed by atoms with Crippen molar-refractivity contribution < 1.29 is 9.53 Å². The van der Waals surface area contributed by atoms with E-state index in [0.717, 1.165) is 17.9 Å². The van der Waals surface area contributed by atoms with E-state index in [1.54, 1.807) is 28.8 Å². The highest BCUT2D eigenvalue weighted by Gasteiger charge is 2.26. The zero-order valence-electron chi connectivity index (χ0n) is 13.8. The third kappa shape index (κ3) is 3.73. The number of carbonyl (C=O) groups is 1. The second-order valence-electron chi connectivity index (χ2n) is 5.42. The summed E-state index contributed by atoms with van der Waals surface area (Å²) in [5.41, 5.74) is 1.39. The molecule has 1 aromatic carbocycles. The van der Waals surface area contributed by atoms with Crippen LogP contribution >= 0.6 is 35.1 Å². The van der Waals surface area contributed by atoms with Crippen LogP contribution in [0.2, 0.25) is 5.02 Å². The summed E-state index contributed by atoms with van der Waals surface area (Å²) >= 11 is 8.76. The Morgan fingerprint density at radius 2 is 2.16 bits per heavy atom. The summed E-state index contributed by atoms with van der Waals surface area (Å²) in [6, 6.07) is 7.02. The molecule has 0 N–H and O–H groups in total. The molecule has 0 spiro atoms. The fourth-order valence-corrected chi connectivity index (χ4v) is 4.77. The molecule has 3 rings (SSSR count). The first-order valence-corrected chi connectivity index (χ1v) is 10.1. The van der Waals surface area contributed by atoms with Crippen molar-refractivity contribution in [3.63, 3.8) is 0 Å². The standard InChI is InChI=1S/C17H17ClN2O3S2/c1-3-13(16(22)23-2)25-17-19-12-8-9-24-14(12)15(21)20(17)11-6-4-10(18)5-7-11/h4-7,13H,3,8-9H2,1-2H3/t13-/m0/s1. The van der Waals surface area contributed by atoms with Gasteiger partial charge in [-0.15, -0.1) is 11.8 Å². The number of aromatic nitrogens is 2. The number of esters is 1. The highest BCUT2D eigenvalue weighted by atomic mass is 35.5. The summed E-state index contributed by atoms with van der Waals surface area (Å²) in [6.07, 6.45) is 1.35. The average Bonchev–Trinajstić information content (AvgIpc) is 3.09. The summed E-state index contributed by atoms with van der Waals surface area (Å²) < 4.78 is 6.42. The zero-order chi connectivity index (χ0) is 18.0. The van der Waals surface area contributed by atoms with E-state index in [0.29, 0.717) is 27.2 Å². The Morgan fingerprint density at radius 3 is 2.80 bits per heavy atom. The van der Waals surface area contributed by atoms with Gasteiger partial charge in [-0.1, -0.05) is 30.3 Å². The van der Waals surface area contributed by atoms with E-state index in [1.165, 1.54) is 30.6 Å². The first-order chi connectivity index (χ1) is 12.0. The Bertz CT molecular complexity index is 852. The summed E-state index contributed by atoms with van der Waals surface area (Å²) in [6.45, 7) is 1.91. The predicted octanol–water partition coefficient (Wildman–Crippen LogP) is 3.58. The summed E-state index contributed by atoms with van der Waals surface area (Å²) in [7, 11) is 1.37. The highest BCUT2D eigenvalue weighted by molar-refractivity contribution is 8.00. The molecule has 0 fully saturated rings. The van der Waals surface area contributed by atoms with Crippen LogP contribution < -0.4 is 5.56 Å². The van der Waals surface area contributed by atoms with Gasteiger partial charge in [0.15, 0.2) is 5.16 Å². The number of benzene rings is 1. The van der Waals surface area contributed by atoms with Crippen molar-refractivity contribution in [2.75, 3.05) is 12.9 Å². The van der Waals surface area contributed by atoms with Crippen molar-refractivity contribution in [3.05, 3.63) is 45.3 Å². The molecular formula is C17H17ClN2O3S2. The molecule has 8 heteroatoms. The molecule has 0 bridgehead atoms. The average molecular weight is 397 g/mol. The van der Waals surface area contributed by atoms with E-state index in [-0.39, 0.29) is 11.5 Å². The quantitative estimate of drug-likeness (QED) is 0.437. The second kappa shape index (κ2) is 7.85. The fraction of sp³-hybridized carbons (Fsp3) is 0.353. The Kier molecular flexibility index (Phi) is 5.76. The van der Waals surface area contributed by atoms with Crippen molar-refractivity contribution >= 4 is 41.1 Å². The fourth-order valence-electron chi connectivity index (χ4n) is 2.55. The van der Waals surface area contributed by atoms with E-state index in [4.69, 9.17) is 16.3 Å². The van der Waals surface area contributed by atoms with Crippen LogP contribution in [0.5, 0.6) is 0 Å². The maximum atomic E-state index is 13.0. The number of hydrogen-bond donors (Lipinski definition) is 0. The van der Waals surface area contributed by atoms with Gasteiger partial charge in [0, 0.05) is 17.2 Å². The second-order valence-corrected chi connectivity index (χ2v) is 8.14. The SMILES string of the molecule is CC[C@H](Sc1nc2c(c(=O)n1-c1ccc(Cl)cc1)SCC2)C(=O)OC. The third-order valence-electron chi connectivity index (χ3n) is 3.83. The van der Waals surface area contributed by atoms with Gasteiger partial charge in [-0.3, -0.25) is 14.2 Å². The molecule has 25 heavy (non-hydrogen) atoms. The van der Waals surface area contributed by atoms with Crippen LogP contribution in [0.3, 0.4) is 0 Å². The lowest BCUT2D eigenvalue weighted by atomic mass is 10.3. The first-order valence-electron chi connectivity index (χ1n) is 7.84. The number of thioether (sulfide) groups is 2. The van der Waals surface area contributed by atoms with Gasteiger partial charge in [0.05, 0.1) is 23.4 Å². The number of aryl methyl sites for hydroxylation is 1. The van der Waals surface area contributed by atoms with Crippen LogP contribution in [0.1, 0.15) is 19.0 Å². The first kappa shape index (κ1) is 18.4. The lowest BCUT2D eigenvalue weighted by Crippen LogP contribution is -2.26. The van der Waals surface area contributed by atoms with E-state index in [2.05, 4.69) is 4.98 Å². The minimum atomic E-state index is -0.414.